The van der Waals surface area contributed by atoms with Crippen molar-refractivity contribution in [2.45, 2.75) is 59.5 Å². The standard InChI is InChI=1S/C18H26N2O4S/c1-10-9-25-16(11(10)2)15(22)12-6-7-14(21)20(12)13(18(3,4)5)8-19-17(23)24/h9,12-13,19H,6-8H2,1-5H3,(H,23,24)/t12?,13-/m0/s1. The largest absolute Gasteiger partial charge is 0.465 e. The van der Waals surface area contributed by atoms with E-state index in [1.54, 1.807) is 4.90 Å². The molecule has 1 aliphatic rings. The van der Waals surface area contributed by atoms with Crippen LogP contribution in [-0.2, 0) is 4.79 Å². The molecule has 0 aromatic carbocycles. The van der Waals surface area contributed by atoms with Crippen LogP contribution < -0.4 is 5.32 Å². The number of nitrogens with one attached hydrogen (secondary N) is 1. The molecule has 7 heteroatoms. The Labute approximate surface area is 152 Å². The molecule has 2 atom stereocenters. The quantitative estimate of drug-likeness (QED) is 0.783. The first-order valence-electron chi connectivity index (χ1n) is 8.41. The summed E-state index contributed by atoms with van der Waals surface area (Å²) in [4.78, 5) is 38.9. The van der Waals surface area contributed by atoms with Crippen molar-refractivity contribution in [3.63, 3.8) is 0 Å². The number of likely N-dealkylation sites (tertiary alicyclic amines) is 1. The number of amides is 2. The second-order valence-electron chi connectivity index (χ2n) is 7.66. The molecule has 0 saturated carbocycles. The van der Waals surface area contributed by atoms with Crippen molar-refractivity contribution in [1.29, 1.82) is 0 Å². The third kappa shape index (κ3) is 4.03. The molecule has 1 aliphatic heterocycles. The molecule has 0 bridgehead atoms. The summed E-state index contributed by atoms with van der Waals surface area (Å²) in [6, 6.07) is -0.905. The average Bonchev–Trinajstić information content (AvgIpc) is 3.02. The maximum absolute atomic E-state index is 13.1. The van der Waals surface area contributed by atoms with Gasteiger partial charge < -0.3 is 15.3 Å². The molecule has 6 nitrogen and oxygen atoms in total. The predicted molar refractivity (Wildman–Crippen MR) is 97.3 cm³/mol. The number of carbonyl (C=O) groups is 3. The van der Waals surface area contributed by atoms with Gasteiger partial charge in [-0.1, -0.05) is 20.8 Å². The fraction of sp³-hybridized carbons (Fsp3) is 0.611. The Hall–Kier alpha value is -1.89. The lowest BCUT2D eigenvalue weighted by Crippen LogP contribution is -2.55. The van der Waals surface area contributed by atoms with Gasteiger partial charge in [-0.25, -0.2) is 4.79 Å². The van der Waals surface area contributed by atoms with Crippen LogP contribution in [0.1, 0.15) is 54.4 Å². The van der Waals surface area contributed by atoms with Crippen molar-refractivity contribution < 1.29 is 19.5 Å². The Balaban J connectivity index is 2.34. The first kappa shape index (κ1) is 19.4. The van der Waals surface area contributed by atoms with Crippen LogP contribution in [0.2, 0.25) is 0 Å². The lowest BCUT2D eigenvalue weighted by Gasteiger charge is -2.40. The van der Waals surface area contributed by atoms with E-state index >= 15 is 0 Å². The molecule has 0 radical (unpaired) electrons. The van der Waals surface area contributed by atoms with Gasteiger partial charge in [0.25, 0.3) is 0 Å². The van der Waals surface area contributed by atoms with E-state index in [9.17, 15) is 14.4 Å². The van der Waals surface area contributed by atoms with Crippen LogP contribution in [0.25, 0.3) is 0 Å². The van der Waals surface area contributed by atoms with E-state index in [0.717, 1.165) is 11.1 Å². The second-order valence-corrected chi connectivity index (χ2v) is 8.54. The molecule has 0 aliphatic carbocycles. The Morgan fingerprint density at radius 3 is 2.52 bits per heavy atom. The number of aryl methyl sites for hydroxylation is 1. The summed E-state index contributed by atoms with van der Waals surface area (Å²) in [7, 11) is 0. The molecule has 1 aromatic rings. The van der Waals surface area contributed by atoms with Gasteiger partial charge in [0.1, 0.15) is 0 Å². The number of hydrogen-bond acceptors (Lipinski definition) is 4. The summed E-state index contributed by atoms with van der Waals surface area (Å²) < 4.78 is 0. The molecule has 1 fully saturated rings. The van der Waals surface area contributed by atoms with E-state index in [0.29, 0.717) is 17.7 Å². The Morgan fingerprint density at radius 1 is 1.40 bits per heavy atom. The van der Waals surface area contributed by atoms with Crippen molar-refractivity contribution in [1.82, 2.24) is 10.2 Å². The van der Waals surface area contributed by atoms with Crippen molar-refractivity contribution in [2.75, 3.05) is 6.54 Å². The zero-order valence-corrected chi connectivity index (χ0v) is 16.2. The predicted octanol–water partition coefficient (Wildman–Crippen LogP) is 3.22. The summed E-state index contributed by atoms with van der Waals surface area (Å²) in [6.45, 7) is 9.86. The minimum atomic E-state index is -1.13. The van der Waals surface area contributed by atoms with Crippen LogP contribution in [0.4, 0.5) is 4.79 Å². The summed E-state index contributed by atoms with van der Waals surface area (Å²) in [5, 5.41) is 13.3. The van der Waals surface area contributed by atoms with E-state index in [-0.39, 0.29) is 29.7 Å². The zero-order chi connectivity index (χ0) is 18.9. The van der Waals surface area contributed by atoms with Crippen molar-refractivity contribution in [2.24, 2.45) is 5.41 Å². The van der Waals surface area contributed by atoms with Gasteiger partial charge in [-0.05, 0) is 42.2 Å². The molecule has 1 aromatic heterocycles. The highest BCUT2D eigenvalue weighted by Crippen LogP contribution is 2.34. The molecule has 2 heterocycles. The maximum atomic E-state index is 13.1. The van der Waals surface area contributed by atoms with E-state index < -0.39 is 12.1 Å². The van der Waals surface area contributed by atoms with Crippen LogP contribution in [0.15, 0.2) is 5.38 Å². The summed E-state index contributed by atoms with van der Waals surface area (Å²) >= 11 is 1.41. The van der Waals surface area contributed by atoms with E-state index in [4.69, 9.17) is 5.11 Å². The number of thiophene rings is 1. The molecule has 138 valence electrons. The normalized spacial score (nSPS) is 19.2. The minimum absolute atomic E-state index is 0.0361. The zero-order valence-electron chi connectivity index (χ0n) is 15.4. The third-order valence-electron chi connectivity index (χ3n) is 4.85. The first-order chi connectivity index (χ1) is 11.5. The average molecular weight is 366 g/mol. The fourth-order valence-electron chi connectivity index (χ4n) is 3.25. The van der Waals surface area contributed by atoms with Crippen LogP contribution >= 0.6 is 11.3 Å². The molecule has 1 saturated heterocycles. The molecular formula is C18H26N2O4S. The van der Waals surface area contributed by atoms with Crippen LogP contribution in [0, 0.1) is 19.3 Å². The number of carbonyl (C=O) groups excluding carboxylic acids is 2. The van der Waals surface area contributed by atoms with Gasteiger partial charge in [-0.3, -0.25) is 9.59 Å². The number of ketones is 1. The minimum Gasteiger partial charge on any atom is -0.465 e. The highest BCUT2D eigenvalue weighted by Gasteiger charge is 2.44. The van der Waals surface area contributed by atoms with E-state index in [2.05, 4.69) is 5.32 Å². The molecule has 2 N–H and O–H groups in total. The van der Waals surface area contributed by atoms with E-state index in [1.807, 2.05) is 40.0 Å². The molecule has 25 heavy (non-hydrogen) atoms. The highest BCUT2D eigenvalue weighted by molar-refractivity contribution is 7.12. The molecule has 2 amide bonds. The molecular weight excluding hydrogens is 340 g/mol. The topological polar surface area (TPSA) is 86.7 Å². The SMILES string of the molecule is Cc1csc(C(=O)C2CCC(=O)N2[C@@H](CNC(=O)O)C(C)(C)C)c1C. The molecule has 1 unspecified atom stereocenters. The maximum Gasteiger partial charge on any atom is 0.404 e. The summed E-state index contributed by atoms with van der Waals surface area (Å²) in [5.41, 5.74) is 1.68. The van der Waals surface area contributed by atoms with Gasteiger partial charge in [0, 0.05) is 13.0 Å². The van der Waals surface area contributed by atoms with Gasteiger partial charge in [0.05, 0.1) is 17.0 Å². The Morgan fingerprint density at radius 2 is 2.04 bits per heavy atom. The monoisotopic (exact) mass is 366 g/mol. The van der Waals surface area contributed by atoms with E-state index in [1.165, 1.54) is 11.3 Å². The fourth-order valence-corrected chi connectivity index (χ4v) is 4.32. The third-order valence-corrected chi connectivity index (χ3v) is 6.06. The van der Waals surface area contributed by atoms with Gasteiger partial charge in [0.2, 0.25) is 5.91 Å². The van der Waals surface area contributed by atoms with Crippen molar-refractivity contribution >= 4 is 29.1 Å². The summed E-state index contributed by atoms with van der Waals surface area (Å²) in [5.74, 6) is -0.123. The number of nitrogens with zero attached hydrogens (tertiary/aromatic N) is 1. The smallest absolute Gasteiger partial charge is 0.404 e. The van der Waals surface area contributed by atoms with Crippen LogP contribution in [0.5, 0.6) is 0 Å². The van der Waals surface area contributed by atoms with Gasteiger partial charge >= 0.3 is 6.09 Å². The van der Waals surface area contributed by atoms with Gasteiger partial charge in [-0.15, -0.1) is 11.3 Å². The van der Waals surface area contributed by atoms with Crippen molar-refractivity contribution in [3.05, 3.63) is 21.4 Å². The van der Waals surface area contributed by atoms with Crippen molar-refractivity contribution in [3.8, 4) is 0 Å². The Bertz CT molecular complexity index is 690. The van der Waals surface area contributed by atoms with Gasteiger partial charge in [-0.2, -0.15) is 0 Å². The number of carboxylic acid groups (broad SMARTS) is 1. The first-order valence-corrected chi connectivity index (χ1v) is 9.29. The lowest BCUT2D eigenvalue weighted by molar-refractivity contribution is -0.132. The Kier molecular flexibility index (Phi) is 5.56. The summed E-state index contributed by atoms with van der Waals surface area (Å²) in [6.07, 6.45) is -0.332. The highest BCUT2D eigenvalue weighted by atomic mass is 32.1. The number of rotatable bonds is 5. The molecule has 2 rings (SSSR count). The second kappa shape index (κ2) is 7.15. The molecule has 0 spiro atoms. The van der Waals surface area contributed by atoms with Crippen LogP contribution in [-0.4, -0.2) is 46.4 Å². The van der Waals surface area contributed by atoms with Gasteiger partial charge in [0.15, 0.2) is 5.78 Å². The number of hydrogen-bond donors (Lipinski definition) is 2. The lowest BCUT2D eigenvalue weighted by atomic mass is 9.84. The number of Topliss-reactive ketones (excluding diaryl/α,β-unsaturated/α-hetero) is 1. The van der Waals surface area contributed by atoms with Crippen LogP contribution in [0.3, 0.4) is 0 Å².